The van der Waals surface area contributed by atoms with Crippen LogP contribution in [0.1, 0.15) is 25.7 Å². The Morgan fingerprint density at radius 1 is 1.26 bits per heavy atom. The highest BCUT2D eigenvalue weighted by Crippen LogP contribution is 2.37. The summed E-state index contributed by atoms with van der Waals surface area (Å²) in [4.78, 5) is 11.0. The highest BCUT2D eigenvalue weighted by Gasteiger charge is 2.38. The summed E-state index contributed by atoms with van der Waals surface area (Å²) in [7, 11) is -1.15. The fourth-order valence-electron chi connectivity index (χ4n) is 2.88. The summed E-state index contributed by atoms with van der Waals surface area (Å²) in [6.45, 7) is 0.293. The predicted molar refractivity (Wildman–Crippen MR) is 83.3 cm³/mol. The van der Waals surface area contributed by atoms with Crippen molar-refractivity contribution in [3.63, 3.8) is 0 Å². The molecule has 1 unspecified atom stereocenters. The quantitative estimate of drug-likeness (QED) is 0.845. The second-order valence-electron chi connectivity index (χ2n) is 5.35. The van der Waals surface area contributed by atoms with Crippen LogP contribution in [0.4, 0.5) is 0 Å². The van der Waals surface area contributed by atoms with Crippen LogP contribution < -0.4 is 9.47 Å². The van der Waals surface area contributed by atoms with E-state index in [2.05, 4.69) is 0 Å². The van der Waals surface area contributed by atoms with E-state index in [0.717, 1.165) is 6.42 Å². The largest absolute Gasteiger partial charge is 0.495 e. The van der Waals surface area contributed by atoms with Crippen LogP contribution in [0.3, 0.4) is 0 Å². The molecule has 128 valence electrons. The first kappa shape index (κ1) is 17.6. The van der Waals surface area contributed by atoms with Crippen molar-refractivity contribution in [1.29, 1.82) is 0 Å². The summed E-state index contributed by atoms with van der Waals surface area (Å²) in [5.41, 5.74) is 0. The fraction of sp³-hybridized carbons (Fsp3) is 0.533. The third kappa shape index (κ3) is 3.59. The summed E-state index contributed by atoms with van der Waals surface area (Å²) in [6, 6.07) is 4.18. The average Bonchev–Trinajstić information content (AvgIpc) is 2.53. The number of ether oxygens (including phenoxy) is 2. The van der Waals surface area contributed by atoms with Crippen LogP contribution in [-0.2, 0) is 14.8 Å². The molecule has 1 atom stereocenters. The van der Waals surface area contributed by atoms with E-state index < -0.39 is 22.0 Å². The van der Waals surface area contributed by atoms with E-state index in [1.807, 2.05) is 0 Å². The first-order valence-corrected chi connectivity index (χ1v) is 8.80. The van der Waals surface area contributed by atoms with Crippen molar-refractivity contribution in [1.82, 2.24) is 4.31 Å². The minimum absolute atomic E-state index is 0.0534. The topological polar surface area (TPSA) is 93.1 Å². The first-order valence-electron chi connectivity index (χ1n) is 7.36. The van der Waals surface area contributed by atoms with Crippen molar-refractivity contribution in [3.05, 3.63) is 18.2 Å². The Balaban J connectivity index is 2.50. The molecule has 1 aliphatic heterocycles. The lowest BCUT2D eigenvalue weighted by atomic mass is 10.0. The number of piperidine rings is 1. The maximum absolute atomic E-state index is 13.1. The van der Waals surface area contributed by atoms with Gasteiger partial charge < -0.3 is 14.6 Å². The van der Waals surface area contributed by atoms with Gasteiger partial charge >= 0.3 is 5.97 Å². The highest BCUT2D eigenvalue weighted by molar-refractivity contribution is 7.89. The summed E-state index contributed by atoms with van der Waals surface area (Å²) in [5.74, 6) is -0.642. The molecule has 1 saturated heterocycles. The van der Waals surface area contributed by atoms with E-state index in [-0.39, 0.29) is 22.8 Å². The molecule has 2 rings (SSSR count). The highest BCUT2D eigenvalue weighted by atomic mass is 32.2. The van der Waals surface area contributed by atoms with Crippen LogP contribution >= 0.6 is 0 Å². The molecule has 1 aliphatic rings. The zero-order valence-corrected chi connectivity index (χ0v) is 14.0. The molecule has 1 aromatic rings. The number of carbonyl (C=O) groups is 1. The van der Waals surface area contributed by atoms with Gasteiger partial charge in [-0.25, -0.2) is 8.42 Å². The Hall–Kier alpha value is -1.80. The molecule has 0 aliphatic carbocycles. The molecule has 0 radical (unpaired) electrons. The monoisotopic (exact) mass is 343 g/mol. The molecule has 0 saturated carbocycles. The normalized spacial score (nSPS) is 19.3. The van der Waals surface area contributed by atoms with E-state index in [0.29, 0.717) is 19.4 Å². The molecule has 0 amide bonds. The maximum atomic E-state index is 13.1. The van der Waals surface area contributed by atoms with Gasteiger partial charge in [-0.1, -0.05) is 12.5 Å². The van der Waals surface area contributed by atoms with Crippen LogP contribution in [0.25, 0.3) is 0 Å². The van der Waals surface area contributed by atoms with Gasteiger partial charge in [0.2, 0.25) is 0 Å². The van der Waals surface area contributed by atoms with E-state index in [1.165, 1.54) is 18.5 Å². The van der Waals surface area contributed by atoms with Crippen LogP contribution in [0.2, 0.25) is 0 Å². The lowest BCUT2D eigenvalue weighted by molar-refractivity contribution is -0.138. The van der Waals surface area contributed by atoms with E-state index >= 15 is 0 Å². The van der Waals surface area contributed by atoms with Gasteiger partial charge in [0, 0.05) is 12.6 Å². The van der Waals surface area contributed by atoms with Gasteiger partial charge in [0.25, 0.3) is 10.0 Å². The third-order valence-electron chi connectivity index (χ3n) is 3.93. The van der Waals surface area contributed by atoms with E-state index in [9.17, 15) is 13.2 Å². The van der Waals surface area contributed by atoms with E-state index in [1.54, 1.807) is 18.2 Å². The van der Waals surface area contributed by atoms with Gasteiger partial charge in [-0.2, -0.15) is 4.31 Å². The Bertz CT molecular complexity index is 650. The van der Waals surface area contributed by atoms with Crippen LogP contribution in [0.15, 0.2) is 23.1 Å². The smallest absolute Gasteiger partial charge is 0.304 e. The number of aliphatic carboxylic acids is 1. The van der Waals surface area contributed by atoms with Gasteiger partial charge in [-0.3, -0.25) is 4.79 Å². The zero-order valence-electron chi connectivity index (χ0n) is 13.2. The average molecular weight is 343 g/mol. The van der Waals surface area contributed by atoms with Crippen molar-refractivity contribution in [3.8, 4) is 11.5 Å². The Labute approximate surface area is 135 Å². The van der Waals surface area contributed by atoms with Crippen molar-refractivity contribution in [2.24, 2.45) is 0 Å². The number of carboxylic acid groups (broad SMARTS) is 1. The van der Waals surface area contributed by atoms with Gasteiger partial charge in [-0.15, -0.1) is 0 Å². The van der Waals surface area contributed by atoms with Gasteiger partial charge in [0.15, 0.2) is 4.90 Å². The SMILES string of the molecule is COc1cccc(OC)c1S(=O)(=O)N1CCCCC1CC(=O)O. The number of hydrogen-bond donors (Lipinski definition) is 1. The molecule has 0 aromatic heterocycles. The number of nitrogens with zero attached hydrogens (tertiary/aromatic N) is 1. The lowest BCUT2D eigenvalue weighted by Crippen LogP contribution is -2.44. The first-order chi connectivity index (χ1) is 10.9. The van der Waals surface area contributed by atoms with Gasteiger partial charge in [0.05, 0.1) is 20.6 Å². The summed E-state index contributed by atoms with van der Waals surface area (Å²) in [6.07, 6.45) is 1.83. The number of rotatable bonds is 6. The number of methoxy groups -OCH3 is 2. The van der Waals surface area contributed by atoms with Crippen LogP contribution in [0, 0.1) is 0 Å². The molecule has 1 fully saturated rings. The molecular formula is C15H21NO6S. The number of sulfonamides is 1. The maximum Gasteiger partial charge on any atom is 0.304 e. The van der Waals surface area contributed by atoms with Crippen molar-refractivity contribution in [2.45, 2.75) is 36.6 Å². The lowest BCUT2D eigenvalue weighted by Gasteiger charge is -2.34. The molecular weight excluding hydrogens is 322 g/mol. The molecule has 1 heterocycles. The molecule has 1 N–H and O–H groups in total. The summed E-state index contributed by atoms with van der Waals surface area (Å²) >= 11 is 0. The Morgan fingerprint density at radius 2 is 1.87 bits per heavy atom. The van der Waals surface area contributed by atoms with Crippen molar-refractivity contribution >= 4 is 16.0 Å². The van der Waals surface area contributed by atoms with Crippen molar-refractivity contribution < 1.29 is 27.8 Å². The fourth-order valence-corrected chi connectivity index (χ4v) is 4.87. The van der Waals surface area contributed by atoms with Crippen LogP contribution in [-0.4, -0.2) is 50.6 Å². The second-order valence-corrected chi connectivity index (χ2v) is 7.18. The number of benzene rings is 1. The molecule has 0 bridgehead atoms. The summed E-state index contributed by atoms with van der Waals surface area (Å²) in [5, 5.41) is 9.05. The molecule has 23 heavy (non-hydrogen) atoms. The molecule has 7 nitrogen and oxygen atoms in total. The minimum Gasteiger partial charge on any atom is -0.495 e. The molecule has 1 aromatic carbocycles. The number of hydrogen-bond acceptors (Lipinski definition) is 5. The number of carboxylic acids is 1. The Morgan fingerprint density at radius 3 is 2.39 bits per heavy atom. The van der Waals surface area contributed by atoms with Crippen LogP contribution in [0.5, 0.6) is 11.5 Å². The van der Waals surface area contributed by atoms with Crippen molar-refractivity contribution in [2.75, 3.05) is 20.8 Å². The summed E-state index contributed by atoms with van der Waals surface area (Å²) < 4.78 is 37.9. The third-order valence-corrected chi connectivity index (χ3v) is 5.95. The molecule has 0 spiro atoms. The molecule has 8 heteroatoms. The standard InChI is InChI=1S/C15H21NO6S/c1-21-12-7-5-8-13(22-2)15(12)23(19,20)16-9-4-3-6-11(16)10-14(17)18/h5,7-8,11H,3-4,6,9-10H2,1-2H3,(H,17,18). The van der Waals surface area contributed by atoms with Gasteiger partial charge in [-0.05, 0) is 25.0 Å². The van der Waals surface area contributed by atoms with E-state index in [4.69, 9.17) is 14.6 Å². The van der Waals surface area contributed by atoms with Gasteiger partial charge in [0.1, 0.15) is 11.5 Å². The second kappa shape index (κ2) is 7.18. The Kier molecular flexibility index (Phi) is 5.48. The zero-order chi connectivity index (χ0) is 17.0. The predicted octanol–water partition coefficient (Wildman–Crippen LogP) is 1.72. The minimum atomic E-state index is -3.92.